The van der Waals surface area contributed by atoms with Crippen LogP contribution in [0.2, 0.25) is 0 Å². The van der Waals surface area contributed by atoms with Crippen molar-refractivity contribution in [3.63, 3.8) is 0 Å². The Bertz CT molecular complexity index is 1320. The Morgan fingerprint density at radius 1 is 0.667 bits per heavy atom. The van der Waals surface area contributed by atoms with E-state index in [-0.39, 0.29) is 44.3 Å². The number of carboxylic acids is 1. The zero-order valence-electron chi connectivity index (χ0n) is 29.2. The summed E-state index contributed by atoms with van der Waals surface area (Å²) in [4.78, 5) is 103. The first-order chi connectivity index (χ1) is 23.5. The first-order valence-corrected chi connectivity index (χ1v) is 17.3. The van der Waals surface area contributed by atoms with Crippen LogP contribution in [0.5, 0.6) is 0 Å². The van der Waals surface area contributed by atoms with Gasteiger partial charge >= 0.3 is 13.8 Å². The second kappa shape index (κ2) is 22.3. The molecule has 0 unspecified atom stereocenters. The maximum atomic E-state index is 13.4. The smallest absolute Gasteiger partial charge is 0.469 e. The van der Waals surface area contributed by atoms with Gasteiger partial charge in [-0.05, 0) is 52.4 Å². The van der Waals surface area contributed by atoms with Gasteiger partial charge in [-0.3, -0.25) is 43.3 Å². The summed E-state index contributed by atoms with van der Waals surface area (Å²) in [6.07, 6.45) is -0.955. The third kappa shape index (κ3) is 19.4. The molecule has 0 bridgehead atoms. The van der Waals surface area contributed by atoms with Crippen LogP contribution in [0.15, 0.2) is 9.98 Å². The molecule has 0 aromatic carbocycles. The zero-order chi connectivity index (χ0) is 39.6. The summed E-state index contributed by atoms with van der Waals surface area (Å²) < 4.78 is 16.2. The molecule has 0 aliphatic rings. The molecular weight excluding hydrogens is 699 g/mol. The van der Waals surface area contributed by atoms with E-state index in [1.807, 2.05) is 0 Å². The van der Waals surface area contributed by atoms with Crippen LogP contribution in [0.1, 0.15) is 60.3 Å². The van der Waals surface area contributed by atoms with Gasteiger partial charge in [-0.25, -0.2) is 4.57 Å². The molecule has 0 aromatic rings. The molecule has 18 N–H and O–H groups in total. The normalized spacial score (nSPS) is 15.4. The lowest BCUT2D eigenvalue weighted by Crippen LogP contribution is -2.61. The number of phosphoric acid groups is 1. The molecule has 0 aliphatic heterocycles. The molecule has 51 heavy (non-hydrogen) atoms. The predicted molar refractivity (Wildman–Crippen MR) is 184 cm³/mol. The number of carbonyl (C=O) groups excluding carboxylic acids is 5. The Kier molecular flexibility index (Phi) is 20.3. The number of amides is 5. The van der Waals surface area contributed by atoms with E-state index in [4.69, 9.17) is 33.8 Å². The average molecular weight is 753 g/mol. The molecule has 0 radical (unpaired) electrons. The van der Waals surface area contributed by atoms with Gasteiger partial charge in [0, 0.05) is 13.1 Å². The maximum Gasteiger partial charge on any atom is 0.469 e. The first kappa shape index (κ1) is 46.4. The fourth-order valence-electron chi connectivity index (χ4n) is 4.18. The number of hydrogen-bond donors (Lipinski definition) is 13. The lowest BCUT2D eigenvalue weighted by molar-refractivity contribution is -0.142. The molecule has 7 atom stereocenters. The second-order valence-corrected chi connectivity index (χ2v) is 13.1. The molecule has 0 fully saturated rings. The Morgan fingerprint density at radius 2 is 1.14 bits per heavy atom. The Balaban J connectivity index is 5.99. The van der Waals surface area contributed by atoms with E-state index in [2.05, 4.69) is 41.1 Å². The number of guanidine groups is 2. The lowest BCUT2D eigenvalue weighted by atomic mass is 10.0. The molecule has 0 aromatic heterocycles. The minimum absolute atomic E-state index is 0.000747. The van der Waals surface area contributed by atoms with Gasteiger partial charge in [0.2, 0.25) is 29.5 Å². The van der Waals surface area contributed by atoms with E-state index in [0.29, 0.717) is 6.42 Å². The number of carboxylic acid groups (broad SMARTS) is 1. The number of nitrogens with one attached hydrogen (secondary N) is 5. The van der Waals surface area contributed by atoms with Gasteiger partial charge in [0.05, 0.1) is 12.1 Å². The highest BCUT2D eigenvalue weighted by atomic mass is 31.2. The summed E-state index contributed by atoms with van der Waals surface area (Å²) in [6.45, 7) is 6.85. The highest BCUT2D eigenvalue weighted by molar-refractivity contribution is 7.46. The van der Waals surface area contributed by atoms with Crippen molar-refractivity contribution in [2.75, 3.05) is 13.1 Å². The Hall–Kier alpha value is -4.57. The molecule has 0 aliphatic carbocycles. The third-order valence-electron chi connectivity index (χ3n) is 6.96. The van der Waals surface area contributed by atoms with Crippen molar-refractivity contribution in [1.29, 1.82) is 0 Å². The topological polar surface area (TPSA) is 404 Å². The standard InChI is InChI=1S/C27H53N12O11P/c1-12(2)18(23(43)36-14(4)25(45)46)38-24(44)19(15(5)50-51(47,48)49)39-20(40)13(3)35-22(42)17(9-7-11-34-27(31)32)37-21(41)16(28)8-6-10-33-26(29)30/h12-19H,6-11,28H2,1-5H3,(H,35,42)(H,36,43)(H,37,41)(H,38,44)(H,39,40)(H,45,46)(H4,29,30,33)(H4,31,32,34)(H2,47,48,49)/t13-,14-,15+,16-,17-,18-,19-/m0/s1. The van der Waals surface area contributed by atoms with Crippen molar-refractivity contribution in [3.05, 3.63) is 0 Å². The number of aliphatic imine (C=N–C) groups is 2. The summed E-state index contributed by atoms with van der Waals surface area (Å²) in [6, 6.07) is -8.21. The van der Waals surface area contributed by atoms with Gasteiger partial charge < -0.3 is 70.1 Å². The number of nitrogens with zero attached hydrogens (tertiary/aromatic N) is 2. The number of rotatable bonds is 23. The van der Waals surface area contributed by atoms with E-state index < -0.39 is 91.6 Å². The molecule has 24 heteroatoms. The first-order valence-electron chi connectivity index (χ1n) is 15.8. The van der Waals surface area contributed by atoms with Crippen LogP contribution < -0.4 is 55.3 Å². The summed E-state index contributed by atoms with van der Waals surface area (Å²) in [5.74, 6) is -6.87. The highest BCUT2D eigenvalue weighted by Gasteiger charge is 2.37. The van der Waals surface area contributed by atoms with Crippen LogP contribution in [0.4, 0.5) is 0 Å². The number of nitrogens with two attached hydrogens (primary N) is 5. The van der Waals surface area contributed by atoms with Crippen molar-refractivity contribution >= 4 is 55.2 Å². The van der Waals surface area contributed by atoms with E-state index >= 15 is 0 Å². The Labute approximate surface area is 294 Å². The van der Waals surface area contributed by atoms with Crippen LogP contribution in [0.25, 0.3) is 0 Å². The van der Waals surface area contributed by atoms with Crippen LogP contribution in [0.3, 0.4) is 0 Å². The van der Waals surface area contributed by atoms with Crippen LogP contribution in [-0.4, -0.2) is 118 Å². The van der Waals surface area contributed by atoms with Gasteiger partial charge in [-0.15, -0.1) is 0 Å². The van der Waals surface area contributed by atoms with E-state index in [9.17, 15) is 43.1 Å². The molecule has 0 spiro atoms. The number of aliphatic carboxylic acids is 1. The fraction of sp³-hybridized carbons (Fsp3) is 0.704. The molecular formula is C27H53N12O11P. The molecule has 5 amide bonds. The second-order valence-electron chi connectivity index (χ2n) is 11.9. The third-order valence-corrected chi connectivity index (χ3v) is 7.57. The quantitative estimate of drug-likeness (QED) is 0.0201. The molecule has 0 rings (SSSR count). The van der Waals surface area contributed by atoms with Crippen LogP contribution in [0, 0.1) is 5.92 Å². The minimum Gasteiger partial charge on any atom is -0.480 e. The minimum atomic E-state index is -5.21. The largest absolute Gasteiger partial charge is 0.480 e. The van der Waals surface area contributed by atoms with Gasteiger partial charge in [-0.1, -0.05) is 13.8 Å². The fourth-order valence-corrected chi connectivity index (χ4v) is 4.73. The monoisotopic (exact) mass is 752 g/mol. The predicted octanol–water partition coefficient (Wildman–Crippen LogP) is -4.88. The maximum absolute atomic E-state index is 13.4. The number of hydrogen-bond acceptors (Lipinski definition) is 11. The molecule has 0 heterocycles. The summed E-state index contributed by atoms with van der Waals surface area (Å²) >= 11 is 0. The van der Waals surface area contributed by atoms with Crippen molar-refractivity contribution in [2.45, 2.75) is 103 Å². The summed E-state index contributed by atoms with van der Waals surface area (Å²) in [5, 5.41) is 20.8. The Morgan fingerprint density at radius 3 is 1.61 bits per heavy atom. The molecule has 23 nitrogen and oxygen atoms in total. The van der Waals surface area contributed by atoms with Crippen molar-refractivity contribution in [2.24, 2.45) is 44.6 Å². The lowest BCUT2D eigenvalue weighted by Gasteiger charge is -2.29. The van der Waals surface area contributed by atoms with Gasteiger partial charge in [0.25, 0.3) is 0 Å². The summed E-state index contributed by atoms with van der Waals surface area (Å²) in [7, 11) is -5.21. The van der Waals surface area contributed by atoms with E-state index in [1.54, 1.807) is 0 Å². The van der Waals surface area contributed by atoms with Crippen molar-refractivity contribution in [3.8, 4) is 0 Å². The van der Waals surface area contributed by atoms with Crippen LogP contribution in [-0.2, 0) is 37.9 Å². The average Bonchev–Trinajstić information content (AvgIpc) is 2.99. The van der Waals surface area contributed by atoms with Crippen molar-refractivity contribution < 1.29 is 52.7 Å². The van der Waals surface area contributed by atoms with Crippen molar-refractivity contribution in [1.82, 2.24) is 26.6 Å². The van der Waals surface area contributed by atoms with Gasteiger partial charge in [0.1, 0.15) is 30.2 Å². The zero-order valence-corrected chi connectivity index (χ0v) is 30.1. The number of carbonyl (C=O) groups is 6. The highest BCUT2D eigenvalue weighted by Crippen LogP contribution is 2.38. The SMILES string of the molecule is CC(C)[C@H](NC(=O)[C@@H](NC(=O)[C@H](C)NC(=O)[C@H](CCCN=C(N)N)NC(=O)[C@@H](N)CCCN=C(N)N)[C@@H](C)OP(=O)(O)O)C(=O)N[C@@H](C)C(=O)O. The van der Waals surface area contributed by atoms with E-state index in [1.165, 1.54) is 27.7 Å². The molecule has 0 saturated carbocycles. The van der Waals surface area contributed by atoms with Gasteiger partial charge in [0.15, 0.2) is 11.9 Å². The van der Waals surface area contributed by atoms with Gasteiger partial charge in [-0.2, -0.15) is 0 Å². The summed E-state index contributed by atoms with van der Waals surface area (Å²) in [5.41, 5.74) is 27.2. The van der Waals surface area contributed by atoms with Crippen LogP contribution >= 0.6 is 7.82 Å². The molecule has 292 valence electrons. The molecule has 0 saturated heterocycles. The van der Waals surface area contributed by atoms with E-state index in [0.717, 1.165) is 6.92 Å². The number of phosphoric ester groups is 1.